The molecule has 0 heterocycles. The molecule has 0 rings (SSSR count). The van der Waals surface area contributed by atoms with Crippen LogP contribution in [0.15, 0.2) is 24.9 Å². The van der Waals surface area contributed by atoms with Crippen LogP contribution in [0.25, 0.3) is 0 Å². The third-order valence-corrected chi connectivity index (χ3v) is 0.963. The maximum atomic E-state index is 3.60. The fraction of sp³-hybridized carbons (Fsp3) is 0.556. The molecular weight excluding hydrogens is 122 g/mol. The first kappa shape index (κ1) is 9.28. The summed E-state index contributed by atoms with van der Waals surface area (Å²) in [6, 6.07) is 0. The predicted octanol–water partition coefficient (Wildman–Crippen LogP) is 2.32. The molecule has 0 bridgehead atoms. The van der Waals surface area contributed by atoms with Crippen molar-refractivity contribution in [2.24, 2.45) is 5.41 Å². The molecule has 1 heteroatoms. The Morgan fingerprint density at radius 1 is 1.40 bits per heavy atom. The first-order valence-corrected chi connectivity index (χ1v) is 3.58. The van der Waals surface area contributed by atoms with Crippen molar-refractivity contribution < 1.29 is 0 Å². The Morgan fingerprint density at radius 3 is 2.40 bits per heavy atom. The molecule has 0 atom stereocenters. The van der Waals surface area contributed by atoms with E-state index >= 15 is 0 Å². The van der Waals surface area contributed by atoms with Gasteiger partial charge >= 0.3 is 0 Å². The summed E-state index contributed by atoms with van der Waals surface area (Å²) in [5.74, 6) is 0. The molecule has 58 valence electrons. The van der Waals surface area contributed by atoms with Gasteiger partial charge in [0, 0.05) is 6.54 Å². The number of hydrogen-bond donors (Lipinski definition) is 1. The Balaban J connectivity index is 3.46. The average Bonchev–Trinajstić information content (AvgIpc) is 1.78. The Hall–Kier alpha value is -0.720. The third kappa shape index (κ3) is 7.28. The minimum Gasteiger partial charge on any atom is -0.388 e. The van der Waals surface area contributed by atoms with E-state index in [0.717, 1.165) is 6.54 Å². The van der Waals surface area contributed by atoms with E-state index in [0.29, 0.717) is 0 Å². The first-order valence-electron chi connectivity index (χ1n) is 3.58. The van der Waals surface area contributed by atoms with Gasteiger partial charge in [-0.15, -0.1) is 6.58 Å². The van der Waals surface area contributed by atoms with Gasteiger partial charge in [0.1, 0.15) is 0 Å². The summed E-state index contributed by atoms with van der Waals surface area (Å²) in [4.78, 5) is 0. The van der Waals surface area contributed by atoms with Gasteiger partial charge in [-0.3, -0.25) is 0 Å². The van der Waals surface area contributed by atoms with Crippen molar-refractivity contribution in [1.82, 2.24) is 5.32 Å². The maximum absolute atomic E-state index is 3.60. The summed E-state index contributed by atoms with van der Waals surface area (Å²) in [7, 11) is 0. The quantitative estimate of drug-likeness (QED) is 0.467. The number of allylic oxidation sites excluding steroid dienone is 1. The summed E-state index contributed by atoms with van der Waals surface area (Å²) in [5, 5.41) is 3.09. The molecule has 0 aliphatic heterocycles. The molecule has 0 aromatic rings. The standard InChI is InChI=1S/C9H17N/c1-5-7-10-8-6-9(2,3)4/h5-6,8,10H,1,7H2,2-4H3/b8-6-. The van der Waals surface area contributed by atoms with Crippen LogP contribution in [-0.2, 0) is 0 Å². The largest absolute Gasteiger partial charge is 0.388 e. The first-order chi connectivity index (χ1) is 4.56. The second kappa shape index (κ2) is 4.15. The number of rotatable bonds is 3. The van der Waals surface area contributed by atoms with E-state index in [4.69, 9.17) is 0 Å². The van der Waals surface area contributed by atoms with Gasteiger partial charge in [0.05, 0.1) is 0 Å². The zero-order valence-electron chi connectivity index (χ0n) is 7.15. The average molecular weight is 139 g/mol. The zero-order chi connectivity index (χ0) is 8.04. The smallest absolute Gasteiger partial charge is 0.0322 e. The molecule has 0 amide bonds. The monoisotopic (exact) mass is 139 g/mol. The molecule has 0 saturated heterocycles. The highest BCUT2D eigenvalue weighted by molar-refractivity contribution is 4.91. The van der Waals surface area contributed by atoms with Gasteiger partial charge in [-0.05, 0) is 11.6 Å². The fourth-order valence-electron chi connectivity index (χ4n) is 0.460. The van der Waals surface area contributed by atoms with Gasteiger partial charge in [0.25, 0.3) is 0 Å². The van der Waals surface area contributed by atoms with Gasteiger partial charge in [-0.2, -0.15) is 0 Å². The SMILES string of the molecule is C=CCN/C=C\C(C)(C)C. The van der Waals surface area contributed by atoms with Gasteiger partial charge in [-0.25, -0.2) is 0 Å². The van der Waals surface area contributed by atoms with Gasteiger partial charge in [0.2, 0.25) is 0 Å². The molecule has 0 aliphatic carbocycles. The van der Waals surface area contributed by atoms with Crippen LogP contribution in [0, 0.1) is 5.41 Å². The molecule has 0 aromatic carbocycles. The highest BCUT2D eigenvalue weighted by atomic mass is 14.8. The molecule has 0 unspecified atom stereocenters. The second-order valence-electron chi connectivity index (χ2n) is 3.40. The van der Waals surface area contributed by atoms with E-state index < -0.39 is 0 Å². The van der Waals surface area contributed by atoms with Crippen LogP contribution in [0.1, 0.15) is 20.8 Å². The van der Waals surface area contributed by atoms with Crippen LogP contribution in [0.3, 0.4) is 0 Å². The van der Waals surface area contributed by atoms with Crippen LogP contribution in [-0.4, -0.2) is 6.54 Å². The lowest BCUT2D eigenvalue weighted by Gasteiger charge is -2.10. The van der Waals surface area contributed by atoms with Gasteiger partial charge < -0.3 is 5.32 Å². The van der Waals surface area contributed by atoms with E-state index in [1.54, 1.807) is 0 Å². The van der Waals surface area contributed by atoms with E-state index in [9.17, 15) is 0 Å². The molecule has 1 N–H and O–H groups in total. The topological polar surface area (TPSA) is 12.0 Å². The van der Waals surface area contributed by atoms with Gasteiger partial charge in [0.15, 0.2) is 0 Å². The molecule has 0 radical (unpaired) electrons. The van der Waals surface area contributed by atoms with E-state index in [1.165, 1.54) is 0 Å². The van der Waals surface area contributed by atoms with E-state index in [2.05, 4.69) is 38.7 Å². The molecule has 1 nitrogen and oxygen atoms in total. The maximum Gasteiger partial charge on any atom is 0.0322 e. The normalized spacial score (nSPS) is 11.9. The third-order valence-electron chi connectivity index (χ3n) is 0.963. The summed E-state index contributed by atoms with van der Waals surface area (Å²) in [6.45, 7) is 10.9. The van der Waals surface area contributed by atoms with Crippen LogP contribution >= 0.6 is 0 Å². The van der Waals surface area contributed by atoms with Crippen molar-refractivity contribution >= 4 is 0 Å². The molecule has 0 fully saturated rings. The summed E-state index contributed by atoms with van der Waals surface area (Å²) >= 11 is 0. The lowest BCUT2D eigenvalue weighted by atomic mass is 9.97. The minimum atomic E-state index is 0.272. The van der Waals surface area contributed by atoms with Crippen LogP contribution in [0.2, 0.25) is 0 Å². The summed E-state index contributed by atoms with van der Waals surface area (Å²) in [6.07, 6.45) is 5.95. The van der Waals surface area contributed by atoms with Crippen molar-refractivity contribution in [2.45, 2.75) is 20.8 Å². The summed E-state index contributed by atoms with van der Waals surface area (Å²) in [5.41, 5.74) is 0.272. The lowest BCUT2D eigenvalue weighted by Crippen LogP contribution is -2.07. The highest BCUT2D eigenvalue weighted by Gasteiger charge is 2.01. The minimum absolute atomic E-state index is 0.272. The Kier molecular flexibility index (Phi) is 3.85. The molecule has 0 spiro atoms. The number of hydrogen-bond acceptors (Lipinski definition) is 1. The Morgan fingerprint density at radius 2 is 2.00 bits per heavy atom. The van der Waals surface area contributed by atoms with Gasteiger partial charge in [-0.1, -0.05) is 32.9 Å². The Labute approximate surface area is 63.8 Å². The lowest BCUT2D eigenvalue weighted by molar-refractivity contribution is 0.541. The predicted molar refractivity (Wildman–Crippen MR) is 46.8 cm³/mol. The summed E-state index contributed by atoms with van der Waals surface area (Å²) < 4.78 is 0. The van der Waals surface area contributed by atoms with E-state index in [1.807, 2.05) is 12.3 Å². The fourth-order valence-corrected chi connectivity index (χ4v) is 0.460. The van der Waals surface area contributed by atoms with Crippen LogP contribution in [0.4, 0.5) is 0 Å². The molecule has 0 aliphatic rings. The molecule has 10 heavy (non-hydrogen) atoms. The van der Waals surface area contributed by atoms with Crippen LogP contribution < -0.4 is 5.32 Å². The van der Waals surface area contributed by atoms with E-state index in [-0.39, 0.29) is 5.41 Å². The van der Waals surface area contributed by atoms with Crippen molar-refractivity contribution in [2.75, 3.05) is 6.54 Å². The van der Waals surface area contributed by atoms with Crippen molar-refractivity contribution in [3.8, 4) is 0 Å². The van der Waals surface area contributed by atoms with Crippen molar-refractivity contribution in [1.29, 1.82) is 0 Å². The second-order valence-corrected chi connectivity index (χ2v) is 3.40. The van der Waals surface area contributed by atoms with Crippen LogP contribution in [0.5, 0.6) is 0 Å². The van der Waals surface area contributed by atoms with Crippen molar-refractivity contribution in [3.63, 3.8) is 0 Å². The molecular formula is C9H17N. The number of nitrogens with one attached hydrogen (secondary N) is 1. The molecule has 0 saturated carbocycles. The highest BCUT2D eigenvalue weighted by Crippen LogP contribution is 2.13. The Bertz CT molecular complexity index is 117. The zero-order valence-corrected chi connectivity index (χ0v) is 7.15. The molecule has 0 aromatic heterocycles. The van der Waals surface area contributed by atoms with Crippen molar-refractivity contribution in [3.05, 3.63) is 24.9 Å².